The Morgan fingerprint density at radius 3 is 2.76 bits per heavy atom. The number of fused-ring (bicyclic) bond motifs is 3. The molecule has 0 atom stereocenters. The largest absolute Gasteiger partial charge is 0.478 e. The lowest BCUT2D eigenvalue weighted by atomic mass is 10.2. The molecule has 0 spiro atoms. The van der Waals surface area contributed by atoms with E-state index in [0.29, 0.717) is 0 Å². The number of carboxylic acid groups (broad SMARTS) is 1. The summed E-state index contributed by atoms with van der Waals surface area (Å²) in [6, 6.07) is 17.2. The smallest absolute Gasteiger partial charge is 0.335 e. The Morgan fingerprint density at radius 2 is 1.90 bits per heavy atom. The van der Waals surface area contributed by atoms with E-state index in [9.17, 15) is 4.79 Å². The van der Waals surface area contributed by atoms with E-state index in [4.69, 9.17) is 5.11 Å². The molecular formula is C17H12N2O2. The molecule has 2 N–H and O–H groups in total. The molecule has 21 heavy (non-hydrogen) atoms. The molecule has 0 aromatic heterocycles. The first-order valence-electron chi connectivity index (χ1n) is 6.65. The molecule has 1 aliphatic heterocycles. The fourth-order valence-electron chi connectivity index (χ4n) is 2.76. The van der Waals surface area contributed by atoms with Crippen LogP contribution >= 0.6 is 0 Å². The van der Waals surface area contributed by atoms with Gasteiger partial charge in [0.1, 0.15) is 0 Å². The summed E-state index contributed by atoms with van der Waals surface area (Å²) >= 11 is 0. The van der Waals surface area contributed by atoms with Gasteiger partial charge >= 0.3 is 5.97 Å². The highest BCUT2D eigenvalue weighted by Crippen LogP contribution is 2.35. The number of aromatic nitrogens is 2. The van der Waals surface area contributed by atoms with Crippen LogP contribution in [0.25, 0.3) is 27.7 Å². The Morgan fingerprint density at radius 1 is 1.05 bits per heavy atom. The van der Waals surface area contributed by atoms with Crippen molar-refractivity contribution in [3.8, 4) is 16.9 Å². The SMILES string of the molecule is O=C(O)c1cccc(-n2[nH]cc3c4ccccc4cc2-3)c1. The number of hydrogen-bond acceptors (Lipinski definition) is 1. The van der Waals surface area contributed by atoms with Crippen LogP contribution in [0.1, 0.15) is 10.4 Å². The summed E-state index contributed by atoms with van der Waals surface area (Å²) in [5, 5.41) is 14.7. The molecule has 0 amide bonds. The molecule has 0 fully saturated rings. The van der Waals surface area contributed by atoms with Crippen LogP contribution in [-0.2, 0) is 0 Å². The van der Waals surface area contributed by atoms with Crippen LogP contribution in [0.4, 0.5) is 0 Å². The monoisotopic (exact) mass is 276 g/mol. The topological polar surface area (TPSA) is 58.0 Å². The van der Waals surface area contributed by atoms with Gasteiger partial charge in [0.25, 0.3) is 0 Å². The summed E-state index contributed by atoms with van der Waals surface area (Å²) in [5.74, 6) is -0.923. The van der Waals surface area contributed by atoms with Crippen LogP contribution in [-0.4, -0.2) is 20.9 Å². The highest BCUT2D eigenvalue weighted by Gasteiger charge is 2.16. The third-order valence-corrected chi connectivity index (χ3v) is 3.75. The van der Waals surface area contributed by atoms with Gasteiger partial charge in [-0.2, -0.15) is 0 Å². The molecule has 0 unspecified atom stereocenters. The number of carbonyl (C=O) groups is 1. The minimum Gasteiger partial charge on any atom is -0.478 e. The van der Waals surface area contributed by atoms with Gasteiger partial charge in [-0.1, -0.05) is 30.3 Å². The van der Waals surface area contributed by atoms with Gasteiger partial charge in [0.2, 0.25) is 0 Å². The van der Waals surface area contributed by atoms with Crippen molar-refractivity contribution < 1.29 is 9.90 Å². The zero-order chi connectivity index (χ0) is 14.4. The third kappa shape index (κ3) is 1.73. The number of carboxylic acids is 1. The molecule has 1 heterocycles. The van der Waals surface area contributed by atoms with E-state index in [-0.39, 0.29) is 5.56 Å². The molecule has 4 rings (SSSR count). The summed E-state index contributed by atoms with van der Waals surface area (Å²) in [6.07, 6.45) is 1.95. The average molecular weight is 276 g/mol. The van der Waals surface area contributed by atoms with Crippen LogP contribution < -0.4 is 0 Å². The van der Waals surface area contributed by atoms with E-state index in [1.54, 1.807) is 18.2 Å². The van der Waals surface area contributed by atoms with E-state index in [0.717, 1.165) is 16.9 Å². The zero-order valence-electron chi connectivity index (χ0n) is 11.1. The van der Waals surface area contributed by atoms with Crippen molar-refractivity contribution in [2.24, 2.45) is 0 Å². The van der Waals surface area contributed by atoms with Crippen molar-refractivity contribution in [3.05, 3.63) is 66.4 Å². The van der Waals surface area contributed by atoms with Gasteiger partial charge < -0.3 is 10.2 Å². The number of rotatable bonds is 2. The summed E-state index contributed by atoms with van der Waals surface area (Å²) < 4.78 is 1.90. The van der Waals surface area contributed by atoms with Gasteiger partial charge in [-0.15, -0.1) is 0 Å². The normalized spacial score (nSPS) is 11.2. The molecule has 1 aliphatic carbocycles. The number of nitrogens with one attached hydrogen (secondary N) is 1. The lowest BCUT2D eigenvalue weighted by Crippen LogP contribution is -2.01. The minimum absolute atomic E-state index is 0.277. The molecule has 2 aromatic rings. The fourth-order valence-corrected chi connectivity index (χ4v) is 2.76. The van der Waals surface area contributed by atoms with Gasteiger partial charge in [0, 0.05) is 11.8 Å². The Hall–Kier alpha value is -3.01. The lowest BCUT2D eigenvalue weighted by molar-refractivity contribution is 0.0697. The predicted molar refractivity (Wildman–Crippen MR) is 81.2 cm³/mol. The van der Waals surface area contributed by atoms with Crippen LogP contribution in [0.2, 0.25) is 0 Å². The number of aromatic amines is 1. The van der Waals surface area contributed by atoms with Gasteiger partial charge in [-0.05, 0) is 35.0 Å². The molecule has 4 heteroatoms. The quantitative estimate of drug-likeness (QED) is 0.585. The van der Waals surface area contributed by atoms with Crippen molar-refractivity contribution >= 4 is 16.7 Å². The van der Waals surface area contributed by atoms with E-state index >= 15 is 0 Å². The van der Waals surface area contributed by atoms with Crippen LogP contribution in [0.15, 0.2) is 60.8 Å². The van der Waals surface area contributed by atoms with Gasteiger partial charge in [0.05, 0.1) is 16.9 Å². The first-order chi connectivity index (χ1) is 10.2. The van der Waals surface area contributed by atoms with Crippen molar-refractivity contribution in [1.82, 2.24) is 9.78 Å². The Kier molecular flexibility index (Phi) is 2.38. The molecule has 2 aliphatic rings. The molecule has 4 nitrogen and oxygen atoms in total. The Labute approximate surface area is 120 Å². The standard InChI is InChI=1S/C17H12N2O2/c20-17(21)12-5-3-6-13(8-12)19-16-9-11-4-1-2-7-14(11)15(16)10-18-19/h1-10,18H,(H,20,21). The van der Waals surface area contributed by atoms with Crippen LogP contribution in [0.5, 0.6) is 0 Å². The van der Waals surface area contributed by atoms with E-state index in [2.05, 4.69) is 23.3 Å². The maximum Gasteiger partial charge on any atom is 0.335 e. The predicted octanol–water partition coefficient (Wildman–Crippen LogP) is 3.76. The van der Waals surface area contributed by atoms with Crippen molar-refractivity contribution in [2.45, 2.75) is 0 Å². The number of H-pyrrole nitrogens is 1. The third-order valence-electron chi connectivity index (χ3n) is 3.75. The Bertz CT molecular complexity index is 933. The molecule has 0 bridgehead atoms. The molecule has 0 saturated carbocycles. The number of hydrogen-bond donors (Lipinski definition) is 2. The summed E-state index contributed by atoms with van der Waals surface area (Å²) in [4.78, 5) is 11.1. The minimum atomic E-state index is -0.923. The average Bonchev–Trinajstić information content (AvgIpc) is 3.06. The first-order valence-corrected chi connectivity index (χ1v) is 6.65. The second kappa shape index (κ2) is 4.24. The maximum absolute atomic E-state index is 11.1. The van der Waals surface area contributed by atoms with Crippen molar-refractivity contribution in [1.29, 1.82) is 0 Å². The molecule has 0 saturated heterocycles. The maximum atomic E-state index is 11.1. The van der Waals surface area contributed by atoms with Crippen LogP contribution in [0.3, 0.4) is 0 Å². The second-order valence-corrected chi connectivity index (χ2v) is 4.99. The summed E-state index contributed by atoms with van der Waals surface area (Å²) in [7, 11) is 0. The van der Waals surface area contributed by atoms with Gasteiger partial charge in [-0.3, -0.25) is 4.68 Å². The van der Waals surface area contributed by atoms with Crippen molar-refractivity contribution in [2.75, 3.05) is 0 Å². The highest BCUT2D eigenvalue weighted by atomic mass is 16.4. The summed E-state index contributed by atoms with van der Waals surface area (Å²) in [5.41, 5.74) is 3.25. The van der Waals surface area contributed by atoms with Crippen LogP contribution in [0, 0.1) is 0 Å². The summed E-state index contributed by atoms with van der Waals surface area (Å²) in [6.45, 7) is 0. The van der Waals surface area contributed by atoms with E-state index in [1.807, 2.05) is 29.1 Å². The highest BCUT2D eigenvalue weighted by molar-refractivity contribution is 6.01. The molecule has 2 aromatic carbocycles. The number of nitrogens with zero attached hydrogens (tertiary/aromatic N) is 1. The molecular weight excluding hydrogens is 264 g/mol. The van der Waals surface area contributed by atoms with E-state index < -0.39 is 5.97 Å². The zero-order valence-corrected chi connectivity index (χ0v) is 11.1. The first kappa shape index (κ1) is 11.8. The number of aromatic carboxylic acids is 1. The van der Waals surface area contributed by atoms with E-state index in [1.165, 1.54) is 10.8 Å². The van der Waals surface area contributed by atoms with Crippen molar-refractivity contribution in [3.63, 3.8) is 0 Å². The Balaban J connectivity index is 1.93. The molecule has 0 radical (unpaired) electrons. The second-order valence-electron chi connectivity index (χ2n) is 4.99. The fraction of sp³-hybridized carbons (Fsp3) is 0. The molecule has 102 valence electrons. The lowest BCUT2D eigenvalue weighted by Gasteiger charge is -2.06. The number of benzene rings is 2. The van der Waals surface area contributed by atoms with Gasteiger partial charge in [-0.25, -0.2) is 4.79 Å². The van der Waals surface area contributed by atoms with Gasteiger partial charge in [0.15, 0.2) is 0 Å².